The lowest BCUT2D eigenvalue weighted by atomic mass is 9.63. The Kier molecular flexibility index (Phi) is 4.73. The van der Waals surface area contributed by atoms with Gasteiger partial charge in [-0.2, -0.15) is 0 Å². The molecule has 1 saturated heterocycles. The summed E-state index contributed by atoms with van der Waals surface area (Å²) in [4.78, 5) is 41.0. The van der Waals surface area contributed by atoms with Crippen molar-refractivity contribution < 1.29 is 14.4 Å². The van der Waals surface area contributed by atoms with Gasteiger partial charge in [-0.25, -0.2) is 0 Å². The van der Waals surface area contributed by atoms with E-state index >= 15 is 0 Å². The van der Waals surface area contributed by atoms with Crippen LogP contribution in [-0.4, -0.2) is 32.8 Å². The average molecular weight is 423 g/mol. The highest BCUT2D eigenvalue weighted by molar-refractivity contribution is 7.15. The predicted molar refractivity (Wildman–Crippen MR) is 111 cm³/mol. The topological polar surface area (TPSA) is 92.3 Å². The van der Waals surface area contributed by atoms with E-state index in [9.17, 15) is 14.4 Å². The number of carbonyl (C=O) groups excluding carboxylic acids is 3. The summed E-state index contributed by atoms with van der Waals surface area (Å²) in [5, 5.41) is 11.8. The number of nitrogens with one attached hydrogen (secondary N) is 1. The second-order valence-electron chi connectivity index (χ2n) is 8.19. The van der Waals surface area contributed by atoms with E-state index in [-0.39, 0.29) is 47.8 Å². The van der Waals surface area contributed by atoms with Crippen LogP contribution < -0.4 is 5.32 Å². The highest BCUT2D eigenvalue weighted by Gasteiger charge is 2.58. The van der Waals surface area contributed by atoms with Crippen LogP contribution in [0.2, 0.25) is 0 Å². The van der Waals surface area contributed by atoms with Gasteiger partial charge in [0.2, 0.25) is 22.9 Å². The Hall–Kier alpha value is -2.87. The first-order chi connectivity index (χ1) is 14.5. The number of fused-ring (bicyclic) bond motifs is 1. The number of rotatable bonds is 5. The Balaban J connectivity index is 1.44. The van der Waals surface area contributed by atoms with E-state index in [1.165, 1.54) is 16.2 Å². The lowest BCUT2D eigenvalue weighted by Gasteiger charge is -2.38. The van der Waals surface area contributed by atoms with Crippen LogP contribution >= 0.6 is 11.3 Å². The Labute approximate surface area is 178 Å². The molecule has 1 N–H and O–H groups in total. The maximum atomic E-state index is 13.4. The molecule has 3 aliphatic carbocycles. The van der Waals surface area contributed by atoms with Gasteiger partial charge in [0.25, 0.3) is 0 Å². The molecule has 2 bridgehead atoms. The predicted octanol–water partition coefficient (Wildman–Crippen LogP) is 3.11. The van der Waals surface area contributed by atoms with Crippen molar-refractivity contribution in [1.29, 1.82) is 0 Å². The third kappa shape index (κ3) is 3.15. The second kappa shape index (κ2) is 7.43. The van der Waals surface area contributed by atoms with Crippen LogP contribution in [0, 0.1) is 30.6 Å². The van der Waals surface area contributed by atoms with Gasteiger partial charge in [-0.1, -0.05) is 53.8 Å². The molecule has 1 aromatic heterocycles. The van der Waals surface area contributed by atoms with Gasteiger partial charge >= 0.3 is 0 Å². The quantitative estimate of drug-likeness (QED) is 0.590. The molecule has 3 amide bonds. The minimum atomic E-state index is -0.634. The van der Waals surface area contributed by atoms with E-state index in [1.807, 2.05) is 37.3 Å². The average Bonchev–Trinajstić information content (AvgIpc) is 3.29. The lowest BCUT2D eigenvalue weighted by Crippen LogP contribution is -2.38. The number of hydrogen-bond donors (Lipinski definition) is 1. The molecular weight excluding hydrogens is 400 g/mol. The summed E-state index contributed by atoms with van der Waals surface area (Å²) in [6, 6.07) is 8.69. The summed E-state index contributed by atoms with van der Waals surface area (Å²) >= 11 is 1.29. The van der Waals surface area contributed by atoms with Crippen molar-refractivity contribution >= 4 is 34.2 Å². The van der Waals surface area contributed by atoms with Crippen molar-refractivity contribution in [2.24, 2.45) is 23.7 Å². The van der Waals surface area contributed by atoms with E-state index in [1.54, 1.807) is 0 Å². The molecule has 5 atom stereocenters. The van der Waals surface area contributed by atoms with Gasteiger partial charge in [0.05, 0.1) is 24.3 Å². The van der Waals surface area contributed by atoms with Crippen LogP contribution in [0.15, 0.2) is 42.5 Å². The molecule has 1 aromatic carbocycles. The zero-order valence-corrected chi connectivity index (χ0v) is 17.3. The summed E-state index contributed by atoms with van der Waals surface area (Å²) in [6.45, 7) is 1.81. The van der Waals surface area contributed by atoms with Crippen molar-refractivity contribution in [3.8, 4) is 0 Å². The number of hydrogen-bond acceptors (Lipinski definition) is 6. The third-order valence-electron chi connectivity index (χ3n) is 6.44. The molecule has 6 rings (SSSR count). The van der Waals surface area contributed by atoms with Crippen LogP contribution in [0.3, 0.4) is 0 Å². The first-order valence-electron chi connectivity index (χ1n) is 10.2. The van der Waals surface area contributed by atoms with E-state index in [0.717, 1.165) is 23.4 Å². The summed E-state index contributed by atoms with van der Waals surface area (Å²) < 4.78 is 0. The number of allylic oxidation sites excluding steroid dienone is 2. The largest absolute Gasteiger partial charge is 0.300 e. The van der Waals surface area contributed by atoms with Crippen LogP contribution in [0.4, 0.5) is 5.13 Å². The second-order valence-corrected chi connectivity index (χ2v) is 9.37. The molecule has 7 nitrogen and oxygen atoms in total. The Bertz CT molecular complexity index is 1000. The molecule has 30 heavy (non-hydrogen) atoms. The highest BCUT2D eigenvalue weighted by atomic mass is 32.1. The number of aryl methyl sites for hydroxylation is 1. The van der Waals surface area contributed by atoms with Crippen LogP contribution in [-0.2, 0) is 14.4 Å². The minimum absolute atomic E-state index is 0.0116. The number of amides is 3. The first kappa shape index (κ1) is 19.1. The highest BCUT2D eigenvalue weighted by Crippen LogP contribution is 2.51. The molecule has 8 heteroatoms. The fraction of sp³-hybridized carbons (Fsp3) is 0.409. The normalized spacial score (nSPS) is 28.0. The molecule has 0 unspecified atom stereocenters. The van der Waals surface area contributed by atoms with Crippen molar-refractivity contribution in [2.45, 2.75) is 32.2 Å². The lowest BCUT2D eigenvalue weighted by molar-refractivity contribution is -0.143. The van der Waals surface area contributed by atoms with E-state index in [2.05, 4.69) is 27.7 Å². The van der Waals surface area contributed by atoms with Crippen LogP contribution in [0.5, 0.6) is 0 Å². The zero-order chi connectivity index (χ0) is 20.8. The van der Waals surface area contributed by atoms with Gasteiger partial charge in [-0.05, 0) is 37.2 Å². The number of imide groups is 1. The number of nitrogens with zero attached hydrogens (tertiary/aromatic N) is 3. The van der Waals surface area contributed by atoms with Gasteiger partial charge in [-0.15, -0.1) is 10.2 Å². The minimum Gasteiger partial charge on any atom is -0.300 e. The van der Waals surface area contributed by atoms with Gasteiger partial charge in [-0.3, -0.25) is 19.3 Å². The van der Waals surface area contributed by atoms with E-state index < -0.39 is 6.04 Å². The maximum absolute atomic E-state index is 13.4. The number of carbonyl (C=O) groups is 3. The molecule has 2 fully saturated rings. The van der Waals surface area contributed by atoms with Crippen LogP contribution in [0.1, 0.15) is 35.9 Å². The molecule has 0 spiro atoms. The van der Waals surface area contributed by atoms with Gasteiger partial charge in [0.15, 0.2) is 0 Å². The van der Waals surface area contributed by atoms with Crippen LogP contribution in [0.25, 0.3) is 0 Å². The third-order valence-corrected chi connectivity index (χ3v) is 7.19. The molecule has 154 valence electrons. The number of likely N-dealkylation sites (tertiary alicyclic amines) is 1. The van der Waals surface area contributed by atoms with Crippen molar-refractivity contribution in [2.75, 3.05) is 5.32 Å². The summed E-state index contributed by atoms with van der Waals surface area (Å²) in [5.41, 5.74) is 0.779. The van der Waals surface area contributed by atoms with Gasteiger partial charge in [0, 0.05) is 0 Å². The summed E-state index contributed by atoms with van der Waals surface area (Å²) in [5.74, 6) is -0.915. The molecular formula is C22H22N4O3S. The van der Waals surface area contributed by atoms with Gasteiger partial charge < -0.3 is 5.32 Å². The fourth-order valence-electron chi connectivity index (χ4n) is 5.13. The van der Waals surface area contributed by atoms with Crippen molar-refractivity contribution in [1.82, 2.24) is 15.1 Å². The number of benzene rings is 1. The summed E-state index contributed by atoms with van der Waals surface area (Å²) in [6.07, 6.45) is 6.09. The Morgan fingerprint density at radius 2 is 1.73 bits per heavy atom. The fourth-order valence-corrected chi connectivity index (χ4v) is 5.74. The standard InChI is InChI=1S/C22H22N4O3S/c1-12-24-25-22(30-12)23-17(27)11-16(13-5-3-2-4-6-13)26-20(28)18-14-7-8-15(10-9-14)19(18)21(26)29/h2-8,14-16,18-19H,9-11H2,1H3,(H,23,25,27)/t14-,15-,16+,18+,19+/m0/s1. The van der Waals surface area contributed by atoms with Crippen molar-refractivity contribution in [3.05, 3.63) is 53.1 Å². The van der Waals surface area contributed by atoms with Gasteiger partial charge in [0.1, 0.15) is 5.01 Å². The smallest absolute Gasteiger partial charge is 0.234 e. The van der Waals surface area contributed by atoms with E-state index in [0.29, 0.717) is 5.13 Å². The molecule has 1 saturated carbocycles. The SMILES string of the molecule is Cc1nnc(NC(=O)C[C@H](c2ccccc2)N2C(=O)[C@H]3[C@H](C2=O)[C@H]2C=C[C@H]3CC2)s1. The molecule has 0 radical (unpaired) electrons. The Morgan fingerprint density at radius 1 is 1.10 bits per heavy atom. The van der Waals surface area contributed by atoms with Crippen molar-refractivity contribution in [3.63, 3.8) is 0 Å². The zero-order valence-electron chi connectivity index (χ0n) is 16.5. The van der Waals surface area contributed by atoms with E-state index in [4.69, 9.17) is 0 Å². The monoisotopic (exact) mass is 422 g/mol. The number of aromatic nitrogens is 2. The molecule has 2 aromatic rings. The molecule has 2 heterocycles. The summed E-state index contributed by atoms with van der Waals surface area (Å²) in [7, 11) is 0. The molecule has 4 aliphatic rings. The Morgan fingerprint density at radius 3 is 2.27 bits per heavy atom. The first-order valence-corrected chi connectivity index (χ1v) is 11.0. The number of anilines is 1. The maximum Gasteiger partial charge on any atom is 0.234 e. The molecule has 1 aliphatic heterocycles.